The zero-order chi connectivity index (χ0) is 20.2. The Balaban J connectivity index is 1.49. The van der Waals surface area contributed by atoms with Crippen molar-refractivity contribution >= 4 is 28.1 Å². The van der Waals surface area contributed by atoms with Gasteiger partial charge in [0, 0.05) is 35.5 Å². The highest BCUT2D eigenvalue weighted by molar-refractivity contribution is 7.08. The number of rotatable bonds is 6. The number of nitrogens with zero attached hydrogens (tertiary/aromatic N) is 2. The molecule has 0 saturated carbocycles. The molecule has 5 heteroatoms. The number of aryl methyl sites for hydroxylation is 1. The van der Waals surface area contributed by atoms with Gasteiger partial charge in [0.2, 0.25) is 0 Å². The van der Waals surface area contributed by atoms with Crippen LogP contribution in [0.1, 0.15) is 48.5 Å². The van der Waals surface area contributed by atoms with Gasteiger partial charge in [0.05, 0.1) is 16.8 Å². The Morgan fingerprint density at radius 1 is 1.28 bits per heavy atom. The van der Waals surface area contributed by atoms with E-state index in [0.29, 0.717) is 18.2 Å². The largest absolute Gasteiger partial charge is 0.352 e. The molecule has 0 bridgehead atoms. The average molecular weight is 408 g/mol. The minimum absolute atomic E-state index is 0.00817. The van der Waals surface area contributed by atoms with Crippen LogP contribution in [-0.4, -0.2) is 41.5 Å². The van der Waals surface area contributed by atoms with Crippen LogP contribution in [0.25, 0.3) is 22.2 Å². The molecule has 1 atom stereocenters. The van der Waals surface area contributed by atoms with Crippen LogP contribution in [0.15, 0.2) is 41.1 Å². The van der Waals surface area contributed by atoms with Crippen LogP contribution < -0.4 is 5.32 Å². The monoisotopic (exact) mass is 407 g/mol. The SMILES string of the molecule is Cc1ccc2nc(-c3ccsc3)cc(C(=O)NCCCN3CCCCC3C)c2c1. The van der Waals surface area contributed by atoms with E-state index in [-0.39, 0.29) is 5.91 Å². The molecule has 29 heavy (non-hydrogen) atoms. The zero-order valence-corrected chi connectivity index (χ0v) is 18.1. The number of fused-ring (bicyclic) bond motifs is 1. The van der Waals surface area contributed by atoms with E-state index in [9.17, 15) is 4.79 Å². The van der Waals surface area contributed by atoms with E-state index in [1.807, 2.05) is 30.5 Å². The Kier molecular flexibility index (Phi) is 6.26. The maximum absolute atomic E-state index is 13.1. The fourth-order valence-electron chi connectivity index (χ4n) is 4.15. The van der Waals surface area contributed by atoms with Crippen LogP contribution in [0.4, 0.5) is 0 Å². The third kappa shape index (κ3) is 4.68. The zero-order valence-electron chi connectivity index (χ0n) is 17.3. The van der Waals surface area contributed by atoms with Crippen LogP contribution >= 0.6 is 11.3 Å². The van der Waals surface area contributed by atoms with Crippen molar-refractivity contribution in [1.82, 2.24) is 15.2 Å². The van der Waals surface area contributed by atoms with Crippen molar-refractivity contribution < 1.29 is 4.79 Å². The van der Waals surface area contributed by atoms with Gasteiger partial charge < -0.3 is 10.2 Å². The number of likely N-dealkylation sites (tertiary alicyclic amines) is 1. The molecular weight excluding hydrogens is 378 g/mol. The predicted octanol–water partition coefficient (Wildman–Crippen LogP) is 5.27. The normalized spacial score (nSPS) is 17.5. The van der Waals surface area contributed by atoms with E-state index >= 15 is 0 Å². The summed E-state index contributed by atoms with van der Waals surface area (Å²) in [5, 5.41) is 8.18. The lowest BCUT2D eigenvalue weighted by molar-refractivity contribution is 0.0950. The van der Waals surface area contributed by atoms with Crippen molar-refractivity contribution in [1.29, 1.82) is 0 Å². The van der Waals surface area contributed by atoms with Crippen molar-refractivity contribution in [3.05, 3.63) is 52.2 Å². The highest BCUT2D eigenvalue weighted by atomic mass is 32.1. The van der Waals surface area contributed by atoms with Gasteiger partial charge in [0.15, 0.2) is 0 Å². The first kappa shape index (κ1) is 20.0. The van der Waals surface area contributed by atoms with Gasteiger partial charge >= 0.3 is 0 Å². The van der Waals surface area contributed by atoms with E-state index in [1.54, 1.807) is 11.3 Å². The molecule has 0 radical (unpaired) electrons. The van der Waals surface area contributed by atoms with Crippen LogP contribution in [0.2, 0.25) is 0 Å². The van der Waals surface area contributed by atoms with E-state index in [0.717, 1.165) is 40.7 Å². The Hall–Kier alpha value is -2.24. The second-order valence-electron chi connectivity index (χ2n) is 8.08. The summed E-state index contributed by atoms with van der Waals surface area (Å²) in [5.74, 6) is -0.00817. The van der Waals surface area contributed by atoms with Crippen molar-refractivity contribution in [2.75, 3.05) is 19.6 Å². The molecule has 1 aromatic carbocycles. The summed E-state index contributed by atoms with van der Waals surface area (Å²) >= 11 is 1.64. The number of nitrogens with one attached hydrogen (secondary N) is 1. The average Bonchev–Trinajstić information content (AvgIpc) is 3.26. The van der Waals surface area contributed by atoms with Crippen LogP contribution in [0.3, 0.4) is 0 Å². The van der Waals surface area contributed by atoms with E-state index in [1.165, 1.54) is 25.8 Å². The molecule has 3 aromatic rings. The number of carbonyl (C=O) groups is 1. The van der Waals surface area contributed by atoms with Gasteiger partial charge in [-0.2, -0.15) is 11.3 Å². The maximum atomic E-state index is 13.1. The number of amides is 1. The van der Waals surface area contributed by atoms with Gasteiger partial charge in [0.25, 0.3) is 5.91 Å². The minimum Gasteiger partial charge on any atom is -0.352 e. The highest BCUT2D eigenvalue weighted by Gasteiger charge is 2.18. The summed E-state index contributed by atoms with van der Waals surface area (Å²) in [6, 6.07) is 10.8. The number of hydrogen-bond acceptors (Lipinski definition) is 4. The first-order valence-electron chi connectivity index (χ1n) is 10.6. The molecule has 4 nitrogen and oxygen atoms in total. The number of pyridine rings is 1. The van der Waals surface area contributed by atoms with Crippen molar-refractivity contribution in [2.45, 2.75) is 45.6 Å². The summed E-state index contributed by atoms with van der Waals surface area (Å²) in [6.45, 7) is 7.31. The molecule has 0 spiro atoms. The Morgan fingerprint density at radius 3 is 2.97 bits per heavy atom. The molecule has 1 aliphatic heterocycles. The lowest BCUT2D eigenvalue weighted by atomic mass is 10.0. The molecule has 3 heterocycles. The first-order chi connectivity index (χ1) is 14.1. The number of piperidine rings is 1. The summed E-state index contributed by atoms with van der Waals surface area (Å²) < 4.78 is 0. The van der Waals surface area contributed by atoms with Crippen LogP contribution in [0, 0.1) is 6.92 Å². The fraction of sp³-hybridized carbons (Fsp3) is 0.417. The molecule has 2 aromatic heterocycles. The highest BCUT2D eigenvalue weighted by Crippen LogP contribution is 2.27. The third-order valence-electron chi connectivity index (χ3n) is 5.87. The van der Waals surface area contributed by atoms with Gasteiger partial charge in [-0.05, 0) is 69.3 Å². The van der Waals surface area contributed by atoms with Gasteiger partial charge in [-0.25, -0.2) is 4.98 Å². The smallest absolute Gasteiger partial charge is 0.252 e. The molecule has 1 amide bonds. The molecule has 1 aliphatic rings. The number of benzene rings is 1. The summed E-state index contributed by atoms with van der Waals surface area (Å²) in [7, 11) is 0. The number of aromatic nitrogens is 1. The molecule has 1 saturated heterocycles. The number of hydrogen-bond donors (Lipinski definition) is 1. The number of carbonyl (C=O) groups excluding carboxylic acids is 1. The number of thiophene rings is 1. The standard InChI is InChI=1S/C24H29N3OS/c1-17-7-8-22-20(14-17)21(15-23(26-22)19-9-13-29-16-19)24(28)25-10-5-12-27-11-4-3-6-18(27)2/h7-9,13-16,18H,3-6,10-12H2,1-2H3,(H,25,28). The quantitative estimate of drug-likeness (QED) is 0.567. The van der Waals surface area contributed by atoms with Crippen molar-refractivity contribution in [3.63, 3.8) is 0 Å². The van der Waals surface area contributed by atoms with E-state index < -0.39 is 0 Å². The Labute approximate surface area is 177 Å². The van der Waals surface area contributed by atoms with Gasteiger partial charge in [-0.1, -0.05) is 18.1 Å². The summed E-state index contributed by atoms with van der Waals surface area (Å²) in [4.78, 5) is 20.4. The third-order valence-corrected chi connectivity index (χ3v) is 6.56. The fourth-order valence-corrected chi connectivity index (χ4v) is 4.80. The van der Waals surface area contributed by atoms with Gasteiger partial charge in [-0.3, -0.25) is 4.79 Å². The lowest BCUT2D eigenvalue weighted by Gasteiger charge is -2.33. The van der Waals surface area contributed by atoms with E-state index in [2.05, 4.69) is 34.7 Å². The topological polar surface area (TPSA) is 45.2 Å². The molecular formula is C24H29N3OS. The summed E-state index contributed by atoms with van der Waals surface area (Å²) in [5.41, 5.74) is 4.63. The van der Waals surface area contributed by atoms with Crippen LogP contribution in [0.5, 0.6) is 0 Å². The Morgan fingerprint density at radius 2 is 2.17 bits per heavy atom. The molecule has 152 valence electrons. The predicted molar refractivity (Wildman–Crippen MR) is 122 cm³/mol. The molecule has 0 aliphatic carbocycles. The summed E-state index contributed by atoms with van der Waals surface area (Å²) in [6.07, 6.45) is 4.91. The van der Waals surface area contributed by atoms with E-state index in [4.69, 9.17) is 4.98 Å². The molecule has 4 rings (SSSR count). The maximum Gasteiger partial charge on any atom is 0.252 e. The lowest BCUT2D eigenvalue weighted by Crippen LogP contribution is -2.39. The minimum atomic E-state index is -0.00817. The van der Waals surface area contributed by atoms with Gasteiger partial charge in [0.1, 0.15) is 0 Å². The van der Waals surface area contributed by atoms with Gasteiger partial charge in [-0.15, -0.1) is 0 Å². The van der Waals surface area contributed by atoms with Crippen LogP contribution in [-0.2, 0) is 0 Å². The first-order valence-corrected chi connectivity index (χ1v) is 11.5. The second-order valence-corrected chi connectivity index (χ2v) is 8.86. The second kappa shape index (κ2) is 9.06. The molecule has 1 unspecified atom stereocenters. The van der Waals surface area contributed by atoms with Crippen molar-refractivity contribution in [2.24, 2.45) is 0 Å². The Bertz CT molecular complexity index is 983. The van der Waals surface area contributed by atoms with Crippen molar-refractivity contribution in [3.8, 4) is 11.3 Å². The molecule has 1 fully saturated rings. The molecule has 1 N–H and O–H groups in total.